The van der Waals surface area contributed by atoms with Crippen molar-refractivity contribution in [2.75, 3.05) is 12.8 Å². The second-order valence-corrected chi connectivity index (χ2v) is 5.65. The van der Waals surface area contributed by atoms with Crippen molar-refractivity contribution in [3.63, 3.8) is 0 Å². The van der Waals surface area contributed by atoms with Gasteiger partial charge in [-0.15, -0.1) is 0 Å². The zero-order chi connectivity index (χ0) is 12.8. The van der Waals surface area contributed by atoms with Gasteiger partial charge in [-0.2, -0.15) is 0 Å². The summed E-state index contributed by atoms with van der Waals surface area (Å²) >= 11 is 0. The van der Waals surface area contributed by atoms with Gasteiger partial charge in [0.2, 0.25) is 5.76 Å². The molecule has 0 amide bonds. The van der Waals surface area contributed by atoms with Gasteiger partial charge in [-0.25, -0.2) is 4.79 Å². The predicted molar refractivity (Wildman–Crippen MR) is 65.5 cm³/mol. The third kappa shape index (κ3) is 4.70. The Morgan fingerprint density at radius 3 is 2.82 bits per heavy atom. The number of carbonyl (C=O) groups is 1. The van der Waals surface area contributed by atoms with Gasteiger partial charge < -0.3 is 14.8 Å². The highest BCUT2D eigenvalue weighted by Crippen LogP contribution is 2.07. The first-order chi connectivity index (χ1) is 8.00. The molecule has 0 radical (unpaired) electrons. The summed E-state index contributed by atoms with van der Waals surface area (Å²) in [6, 6.07) is 3.07. The maximum absolute atomic E-state index is 11.1. The quantitative estimate of drug-likeness (QED) is 0.720. The molecule has 0 fully saturated rings. The van der Waals surface area contributed by atoms with Crippen LogP contribution in [0.4, 0.5) is 0 Å². The van der Waals surface area contributed by atoms with E-state index in [-0.39, 0.29) is 11.0 Å². The highest BCUT2D eigenvalue weighted by molar-refractivity contribution is 7.84. The summed E-state index contributed by atoms with van der Waals surface area (Å²) in [5.74, 6) is -0.524. The normalized spacial score (nSPS) is 14.5. The molecule has 2 N–H and O–H groups in total. The summed E-state index contributed by atoms with van der Waals surface area (Å²) in [4.78, 5) is 10.6. The Kier molecular flexibility index (Phi) is 5.37. The van der Waals surface area contributed by atoms with Crippen LogP contribution in [0.1, 0.15) is 29.7 Å². The Morgan fingerprint density at radius 1 is 1.59 bits per heavy atom. The molecule has 0 aliphatic rings. The van der Waals surface area contributed by atoms with E-state index in [1.165, 1.54) is 6.07 Å². The Balaban J connectivity index is 2.26. The van der Waals surface area contributed by atoms with E-state index in [1.807, 2.05) is 6.92 Å². The maximum atomic E-state index is 11.1. The third-order valence-corrected chi connectivity index (χ3v) is 3.83. The van der Waals surface area contributed by atoms with Crippen molar-refractivity contribution in [1.82, 2.24) is 5.32 Å². The number of hydrogen-bond acceptors (Lipinski definition) is 4. The van der Waals surface area contributed by atoms with E-state index in [0.717, 1.165) is 13.0 Å². The van der Waals surface area contributed by atoms with Gasteiger partial charge in [0.05, 0.1) is 6.54 Å². The molecule has 5 nitrogen and oxygen atoms in total. The largest absolute Gasteiger partial charge is 0.475 e. The fourth-order valence-corrected chi connectivity index (χ4v) is 1.72. The molecule has 0 aromatic carbocycles. The first-order valence-electron chi connectivity index (χ1n) is 5.35. The second kappa shape index (κ2) is 6.56. The van der Waals surface area contributed by atoms with Crippen molar-refractivity contribution in [3.8, 4) is 0 Å². The number of hydrogen-bond donors (Lipinski definition) is 2. The van der Waals surface area contributed by atoms with E-state index in [9.17, 15) is 9.00 Å². The average molecular weight is 259 g/mol. The molecule has 2 atom stereocenters. The molecule has 96 valence electrons. The molecule has 17 heavy (non-hydrogen) atoms. The summed E-state index contributed by atoms with van der Waals surface area (Å²) < 4.78 is 16.2. The Bertz CT molecular complexity index is 402. The summed E-state index contributed by atoms with van der Waals surface area (Å²) in [5, 5.41) is 11.9. The van der Waals surface area contributed by atoms with Crippen LogP contribution in [0.5, 0.6) is 0 Å². The number of carboxylic acid groups (broad SMARTS) is 1. The van der Waals surface area contributed by atoms with Gasteiger partial charge in [-0.05, 0) is 25.1 Å². The van der Waals surface area contributed by atoms with Crippen LogP contribution in [0.25, 0.3) is 0 Å². The minimum absolute atomic E-state index is 0.0511. The lowest BCUT2D eigenvalue weighted by atomic mass is 10.3. The van der Waals surface area contributed by atoms with Crippen molar-refractivity contribution in [2.24, 2.45) is 0 Å². The number of carboxylic acids is 1. The average Bonchev–Trinajstić information content (AvgIpc) is 2.72. The van der Waals surface area contributed by atoms with Crippen LogP contribution >= 0.6 is 0 Å². The van der Waals surface area contributed by atoms with E-state index in [0.29, 0.717) is 12.3 Å². The lowest BCUT2D eigenvalue weighted by Gasteiger charge is -2.08. The van der Waals surface area contributed by atoms with Crippen LogP contribution in [-0.2, 0) is 17.3 Å². The fourth-order valence-electron chi connectivity index (χ4n) is 1.27. The summed E-state index contributed by atoms with van der Waals surface area (Å²) in [5.41, 5.74) is 0. The number of nitrogens with one attached hydrogen (secondary N) is 1. The number of aromatic carboxylic acids is 1. The molecule has 0 aliphatic carbocycles. The Labute approximate surface area is 103 Å². The molecule has 0 spiro atoms. The van der Waals surface area contributed by atoms with Crippen molar-refractivity contribution in [3.05, 3.63) is 23.7 Å². The molecule has 0 saturated heterocycles. The van der Waals surface area contributed by atoms with Crippen molar-refractivity contribution < 1.29 is 18.5 Å². The second-order valence-electron chi connectivity index (χ2n) is 3.85. The summed E-state index contributed by atoms with van der Waals surface area (Å²) in [6.45, 7) is 3.15. The van der Waals surface area contributed by atoms with E-state index in [2.05, 4.69) is 5.32 Å². The van der Waals surface area contributed by atoms with Gasteiger partial charge in [-0.3, -0.25) is 4.21 Å². The molecular formula is C11H17NO4S. The predicted octanol–water partition coefficient (Wildman–Crippen LogP) is 1.22. The van der Waals surface area contributed by atoms with Gasteiger partial charge in [0.15, 0.2) is 0 Å². The zero-order valence-corrected chi connectivity index (χ0v) is 10.8. The molecule has 6 heteroatoms. The van der Waals surface area contributed by atoms with Crippen molar-refractivity contribution in [1.29, 1.82) is 0 Å². The number of furan rings is 1. The first-order valence-corrected chi connectivity index (χ1v) is 6.97. The van der Waals surface area contributed by atoms with Gasteiger partial charge in [0.25, 0.3) is 0 Å². The fraction of sp³-hybridized carbons (Fsp3) is 0.545. The minimum Gasteiger partial charge on any atom is -0.475 e. The van der Waals surface area contributed by atoms with E-state index >= 15 is 0 Å². The lowest BCUT2D eigenvalue weighted by molar-refractivity contribution is 0.0660. The highest BCUT2D eigenvalue weighted by Gasteiger charge is 2.09. The van der Waals surface area contributed by atoms with Crippen LogP contribution in [0, 0.1) is 0 Å². The maximum Gasteiger partial charge on any atom is 0.371 e. The first kappa shape index (κ1) is 13.9. The molecule has 0 saturated carbocycles. The number of rotatable bonds is 7. The smallest absolute Gasteiger partial charge is 0.371 e. The van der Waals surface area contributed by atoms with Crippen LogP contribution in [0.15, 0.2) is 16.5 Å². The summed E-state index contributed by atoms with van der Waals surface area (Å²) in [6.07, 6.45) is 2.51. The van der Waals surface area contributed by atoms with Crippen LogP contribution in [0.2, 0.25) is 0 Å². The molecule has 1 aromatic heterocycles. The van der Waals surface area contributed by atoms with E-state index in [4.69, 9.17) is 9.52 Å². The lowest BCUT2D eigenvalue weighted by Crippen LogP contribution is -2.20. The van der Waals surface area contributed by atoms with Crippen molar-refractivity contribution in [2.45, 2.75) is 25.1 Å². The topological polar surface area (TPSA) is 79.5 Å². The monoisotopic (exact) mass is 259 g/mol. The van der Waals surface area contributed by atoms with Crippen LogP contribution < -0.4 is 5.32 Å². The van der Waals surface area contributed by atoms with Crippen molar-refractivity contribution >= 4 is 16.8 Å². The van der Waals surface area contributed by atoms with Gasteiger partial charge in [0, 0.05) is 22.3 Å². The summed E-state index contributed by atoms with van der Waals surface area (Å²) in [7, 11) is -0.801. The molecule has 1 rings (SSSR count). The van der Waals surface area contributed by atoms with Crippen LogP contribution in [-0.4, -0.2) is 33.3 Å². The molecule has 1 heterocycles. The SMILES string of the molecule is CC(CCNCc1ccc(C(=O)O)o1)S(C)=O. The standard InChI is InChI=1S/C11H17NO4S/c1-8(17(2)15)5-6-12-7-9-3-4-10(16-9)11(13)14/h3-4,8,12H,5-7H2,1-2H3,(H,13,14). The zero-order valence-electron chi connectivity index (χ0n) is 9.93. The van der Waals surface area contributed by atoms with Gasteiger partial charge in [0.1, 0.15) is 5.76 Å². The van der Waals surface area contributed by atoms with E-state index in [1.54, 1.807) is 12.3 Å². The molecule has 2 unspecified atom stereocenters. The van der Waals surface area contributed by atoms with Gasteiger partial charge in [-0.1, -0.05) is 6.92 Å². The van der Waals surface area contributed by atoms with E-state index < -0.39 is 16.8 Å². The third-order valence-electron chi connectivity index (χ3n) is 2.47. The molecular weight excluding hydrogens is 242 g/mol. The Hall–Kier alpha value is -1.14. The Morgan fingerprint density at radius 2 is 2.29 bits per heavy atom. The van der Waals surface area contributed by atoms with Gasteiger partial charge >= 0.3 is 5.97 Å². The van der Waals surface area contributed by atoms with Crippen LogP contribution in [0.3, 0.4) is 0 Å². The highest BCUT2D eigenvalue weighted by atomic mass is 32.2. The molecule has 1 aromatic rings. The minimum atomic E-state index is -1.06. The molecule has 0 aliphatic heterocycles. The molecule has 0 bridgehead atoms.